The molecule has 0 amide bonds. The Morgan fingerprint density at radius 2 is 1.92 bits per heavy atom. The Kier molecular flexibility index (Phi) is 3.23. The molecule has 76 valence electrons. The molecule has 0 unspecified atom stereocenters. The normalized spacial score (nSPS) is 23.5. The Morgan fingerprint density at radius 1 is 1.15 bits per heavy atom. The highest BCUT2D eigenvalue weighted by atomic mass is 15.2. The van der Waals surface area contributed by atoms with Crippen LogP contribution < -0.4 is 5.73 Å². The average molecular weight is 182 g/mol. The molecule has 2 fully saturated rings. The Bertz CT molecular complexity index is 150. The summed E-state index contributed by atoms with van der Waals surface area (Å²) >= 11 is 0. The third-order valence-corrected chi connectivity index (χ3v) is 3.43. The molecule has 2 N–H and O–H groups in total. The zero-order valence-corrected chi connectivity index (χ0v) is 8.54. The molecule has 2 saturated carbocycles. The third-order valence-electron chi connectivity index (χ3n) is 3.43. The summed E-state index contributed by atoms with van der Waals surface area (Å²) in [5, 5.41) is 0. The maximum absolute atomic E-state index is 5.56. The lowest BCUT2D eigenvalue weighted by molar-refractivity contribution is 0.121. The van der Waals surface area contributed by atoms with Gasteiger partial charge in [-0.25, -0.2) is 0 Å². The molecule has 2 rings (SSSR count). The van der Waals surface area contributed by atoms with E-state index in [0.717, 1.165) is 18.5 Å². The van der Waals surface area contributed by atoms with E-state index < -0.39 is 0 Å². The Labute approximate surface area is 81.5 Å². The van der Waals surface area contributed by atoms with Crippen LogP contribution in [-0.4, -0.2) is 30.6 Å². The lowest BCUT2D eigenvalue weighted by Crippen LogP contribution is -2.42. The van der Waals surface area contributed by atoms with Crippen molar-refractivity contribution in [2.45, 2.75) is 44.6 Å². The molecule has 2 nitrogen and oxygen atoms in total. The van der Waals surface area contributed by atoms with E-state index >= 15 is 0 Å². The Morgan fingerprint density at radius 3 is 2.38 bits per heavy atom. The molecular formula is C11H22N2. The van der Waals surface area contributed by atoms with Gasteiger partial charge in [0.25, 0.3) is 0 Å². The summed E-state index contributed by atoms with van der Waals surface area (Å²) in [6.07, 6.45) is 8.48. The molecule has 13 heavy (non-hydrogen) atoms. The monoisotopic (exact) mass is 182 g/mol. The average Bonchev–Trinajstić information content (AvgIpc) is 2.80. The van der Waals surface area contributed by atoms with Crippen LogP contribution in [0.5, 0.6) is 0 Å². The van der Waals surface area contributed by atoms with Crippen molar-refractivity contribution in [1.29, 1.82) is 0 Å². The smallest absolute Gasteiger partial charge is 0.00954 e. The minimum absolute atomic E-state index is 0.855. The van der Waals surface area contributed by atoms with E-state index in [1.807, 2.05) is 0 Å². The molecule has 0 saturated heterocycles. The van der Waals surface area contributed by atoms with Gasteiger partial charge in [-0.3, -0.25) is 0 Å². The lowest BCUT2D eigenvalue weighted by atomic mass is 9.91. The summed E-state index contributed by atoms with van der Waals surface area (Å²) in [5.41, 5.74) is 5.56. The molecule has 0 atom stereocenters. The standard InChI is InChI=1S/C11H22N2/c12-7-2-8-13(9-10-5-6-10)11-3-1-4-11/h10-11H,1-9,12H2. The predicted octanol–water partition coefficient (Wildman–Crippen LogP) is 1.60. The molecule has 2 heteroatoms. The van der Waals surface area contributed by atoms with Gasteiger partial charge in [-0.2, -0.15) is 0 Å². The van der Waals surface area contributed by atoms with Crippen LogP contribution in [0, 0.1) is 5.92 Å². The van der Waals surface area contributed by atoms with Gasteiger partial charge < -0.3 is 10.6 Å². The van der Waals surface area contributed by atoms with E-state index in [9.17, 15) is 0 Å². The molecule has 0 heterocycles. The molecule has 0 spiro atoms. The van der Waals surface area contributed by atoms with Gasteiger partial charge in [-0.1, -0.05) is 6.42 Å². The number of hydrogen-bond acceptors (Lipinski definition) is 2. The van der Waals surface area contributed by atoms with E-state index in [1.165, 1.54) is 51.6 Å². The van der Waals surface area contributed by atoms with E-state index in [0.29, 0.717) is 0 Å². The molecule has 0 aromatic carbocycles. The SMILES string of the molecule is NCCCN(CC1CC1)C1CCC1. The second-order valence-electron chi connectivity index (χ2n) is 4.67. The fourth-order valence-electron chi connectivity index (χ4n) is 2.10. The maximum atomic E-state index is 5.56. The van der Waals surface area contributed by atoms with Crippen LogP contribution in [0.25, 0.3) is 0 Å². The highest BCUT2D eigenvalue weighted by Crippen LogP contribution is 2.33. The third kappa shape index (κ3) is 2.68. The fourth-order valence-corrected chi connectivity index (χ4v) is 2.10. The summed E-state index contributed by atoms with van der Waals surface area (Å²) in [5.74, 6) is 1.04. The van der Waals surface area contributed by atoms with Crippen molar-refractivity contribution in [2.75, 3.05) is 19.6 Å². The fraction of sp³-hybridized carbons (Fsp3) is 1.00. The van der Waals surface area contributed by atoms with E-state index in [2.05, 4.69) is 4.90 Å². The molecule has 0 aliphatic heterocycles. The van der Waals surface area contributed by atoms with Crippen LogP contribution in [0.15, 0.2) is 0 Å². The van der Waals surface area contributed by atoms with Gasteiger partial charge in [0.05, 0.1) is 0 Å². The predicted molar refractivity (Wildman–Crippen MR) is 55.6 cm³/mol. The van der Waals surface area contributed by atoms with Crippen molar-refractivity contribution in [2.24, 2.45) is 11.7 Å². The first kappa shape index (κ1) is 9.47. The number of rotatable bonds is 6. The maximum Gasteiger partial charge on any atom is 0.00954 e. The summed E-state index contributed by atoms with van der Waals surface area (Å²) in [7, 11) is 0. The van der Waals surface area contributed by atoms with Crippen molar-refractivity contribution in [3.05, 3.63) is 0 Å². The minimum Gasteiger partial charge on any atom is -0.330 e. The van der Waals surface area contributed by atoms with Crippen molar-refractivity contribution in [3.63, 3.8) is 0 Å². The van der Waals surface area contributed by atoms with Gasteiger partial charge in [0.1, 0.15) is 0 Å². The Hall–Kier alpha value is -0.0800. The Balaban J connectivity index is 1.71. The highest BCUT2D eigenvalue weighted by Gasteiger charge is 2.30. The number of hydrogen-bond donors (Lipinski definition) is 1. The van der Waals surface area contributed by atoms with Crippen molar-refractivity contribution < 1.29 is 0 Å². The zero-order valence-electron chi connectivity index (χ0n) is 8.54. The van der Waals surface area contributed by atoms with Gasteiger partial charge in [0.15, 0.2) is 0 Å². The van der Waals surface area contributed by atoms with E-state index in [4.69, 9.17) is 5.73 Å². The summed E-state index contributed by atoms with van der Waals surface area (Å²) in [6.45, 7) is 3.47. The summed E-state index contributed by atoms with van der Waals surface area (Å²) in [4.78, 5) is 2.70. The molecule has 0 bridgehead atoms. The first-order valence-electron chi connectivity index (χ1n) is 5.84. The second-order valence-corrected chi connectivity index (χ2v) is 4.67. The quantitative estimate of drug-likeness (QED) is 0.676. The largest absolute Gasteiger partial charge is 0.330 e. The van der Waals surface area contributed by atoms with Crippen molar-refractivity contribution >= 4 is 0 Å². The number of nitrogens with zero attached hydrogens (tertiary/aromatic N) is 1. The number of nitrogens with two attached hydrogens (primary N) is 1. The van der Waals surface area contributed by atoms with Crippen molar-refractivity contribution in [3.8, 4) is 0 Å². The summed E-state index contributed by atoms with van der Waals surface area (Å²) in [6, 6.07) is 0.923. The van der Waals surface area contributed by atoms with Gasteiger partial charge in [-0.05, 0) is 51.1 Å². The topological polar surface area (TPSA) is 29.3 Å². The summed E-state index contributed by atoms with van der Waals surface area (Å²) < 4.78 is 0. The van der Waals surface area contributed by atoms with Crippen LogP contribution in [-0.2, 0) is 0 Å². The van der Waals surface area contributed by atoms with Gasteiger partial charge in [0, 0.05) is 12.6 Å². The lowest BCUT2D eigenvalue weighted by Gasteiger charge is -2.37. The van der Waals surface area contributed by atoms with Crippen LogP contribution in [0.2, 0.25) is 0 Å². The minimum atomic E-state index is 0.855. The van der Waals surface area contributed by atoms with Crippen LogP contribution in [0.1, 0.15) is 38.5 Å². The molecule has 0 aromatic rings. The first-order valence-corrected chi connectivity index (χ1v) is 5.84. The molecule has 2 aliphatic carbocycles. The first-order chi connectivity index (χ1) is 6.40. The highest BCUT2D eigenvalue weighted by molar-refractivity contribution is 4.85. The molecule has 2 aliphatic rings. The second kappa shape index (κ2) is 4.43. The molecule has 0 radical (unpaired) electrons. The van der Waals surface area contributed by atoms with Crippen LogP contribution in [0.3, 0.4) is 0 Å². The zero-order chi connectivity index (χ0) is 9.10. The van der Waals surface area contributed by atoms with Crippen molar-refractivity contribution in [1.82, 2.24) is 4.90 Å². The van der Waals surface area contributed by atoms with Gasteiger partial charge >= 0.3 is 0 Å². The van der Waals surface area contributed by atoms with Gasteiger partial charge in [-0.15, -0.1) is 0 Å². The van der Waals surface area contributed by atoms with E-state index in [-0.39, 0.29) is 0 Å². The molecule has 0 aromatic heterocycles. The van der Waals surface area contributed by atoms with Gasteiger partial charge in [0.2, 0.25) is 0 Å². The van der Waals surface area contributed by atoms with Crippen LogP contribution in [0.4, 0.5) is 0 Å². The van der Waals surface area contributed by atoms with Crippen LogP contribution >= 0.6 is 0 Å². The van der Waals surface area contributed by atoms with E-state index in [1.54, 1.807) is 0 Å². The molecular weight excluding hydrogens is 160 g/mol.